The van der Waals surface area contributed by atoms with Crippen molar-refractivity contribution in [2.75, 3.05) is 0 Å². The van der Waals surface area contributed by atoms with Crippen LogP contribution in [0.4, 0.5) is 0 Å². The second-order valence-electron chi connectivity index (χ2n) is 9.31. The normalized spacial score (nSPS) is 17.9. The van der Waals surface area contributed by atoms with Crippen molar-refractivity contribution >= 4 is 45.6 Å². The summed E-state index contributed by atoms with van der Waals surface area (Å²) in [7, 11) is -0.400. The molecular weight excluding hydrogens is 385 g/mol. The van der Waals surface area contributed by atoms with E-state index in [2.05, 4.69) is 74.7 Å². The number of rotatable bonds is 2. The smallest absolute Gasteiger partial charge is 0.439 e. The number of benzene rings is 3. The van der Waals surface area contributed by atoms with Crippen molar-refractivity contribution in [2.24, 2.45) is 0 Å². The third-order valence-corrected chi connectivity index (χ3v) is 6.85. The minimum Gasteiger partial charge on any atom is -0.439 e. The van der Waals surface area contributed by atoms with Crippen LogP contribution in [0.25, 0.3) is 38.7 Å². The van der Waals surface area contributed by atoms with Gasteiger partial charge in [0, 0.05) is 16.5 Å². The van der Waals surface area contributed by atoms with Crippen LogP contribution in [-0.4, -0.2) is 22.9 Å². The molecular formula is C26H24BNO3. The maximum absolute atomic E-state index is 6.35. The molecule has 31 heavy (non-hydrogen) atoms. The Morgan fingerprint density at radius 1 is 0.742 bits per heavy atom. The number of nitrogens with zero attached hydrogens (tertiary/aromatic N) is 1. The number of aromatic nitrogens is 1. The van der Waals surface area contributed by atoms with Gasteiger partial charge < -0.3 is 13.7 Å². The van der Waals surface area contributed by atoms with Gasteiger partial charge in [0.15, 0.2) is 0 Å². The Morgan fingerprint density at radius 3 is 2.16 bits per heavy atom. The third kappa shape index (κ3) is 2.63. The van der Waals surface area contributed by atoms with Crippen LogP contribution in [0, 0.1) is 0 Å². The molecule has 5 aromatic rings. The zero-order valence-electron chi connectivity index (χ0n) is 18.2. The summed E-state index contributed by atoms with van der Waals surface area (Å²) in [5, 5.41) is 3.37. The van der Waals surface area contributed by atoms with Gasteiger partial charge in [-0.25, -0.2) is 0 Å². The molecule has 2 aromatic heterocycles. The van der Waals surface area contributed by atoms with Crippen LogP contribution in [0.2, 0.25) is 0 Å². The average molecular weight is 409 g/mol. The van der Waals surface area contributed by atoms with Crippen molar-refractivity contribution in [3.63, 3.8) is 0 Å². The molecule has 0 unspecified atom stereocenters. The Labute approximate surface area is 181 Å². The van der Waals surface area contributed by atoms with Crippen molar-refractivity contribution in [2.45, 2.75) is 38.9 Å². The maximum atomic E-state index is 6.35. The van der Waals surface area contributed by atoms with E-state index in [0.29, 0.717) is 0 Å². The van der Waals surface area contributed by atoms with Crippen LogP contribution in [0.15, 0.2) is 77.2 Å². The molecule has 0 bridgehead atoms. The summed E-state index contributed by atoms with van der Waals surface area (Å²) in [6.45, 7) is 8.33. The van der Waals surface area contributed by atoms with Crippen molar-refractivity contribution in [3.8, 4) is 5.69 Å². The molecule has 0 N–H and O–H groups in total. The number of furan rings is 1. The fraction of sp³-hybridized carbons (Fsp3) is 0.231. The summed E-state index contributed by atoms with van der Waals surface area (Å²) in [4.78, 5) is 0. The molecule has 0 radical (unpaired) electrons. The van der Waals surface area contributed by atoms with Crippen molar-refractivity contribution in [1.29, 1.82) is 0 Å². The lowest BCUT2D eigenvalue weighted by Gasteiger charge is -2.32. The van der Waals surface area contributed by atoms with Crippen LogP contribution < -0.4 is 5.46 Å². The van der Waals surface area contributed by atoms with E-state index in [-0.39, 0.29) is 11.2 Å². The van der Waals surface area contributed by atoms with Gasteiger partial charge in [-0.15, -0.1) is 0 Å². The van der Waals surface area contributed by atoms with Gasteiger partial charge in [-0.1, -0.05) is 48.5 Å². The van der Waals surface area contributed by atoms with Gasteiger partial charge in [-0.05, 0) is 57.4 Å². The molecule has 0 spiro atoms. The highest BCUT2D eigenvalue weighted by Gasteiger charge is 2.51. The van der Waals surface area contributed by atoms with Crippen LogP contribution in [0.1, 0.15) is 27.7 Å². The van der Waals surface area contributed by atoms with Crippen LogP contribution >= 0.6 is 0 Å². The molecule has 0 atom stereocenters. The van der Waals surface area contributed by atoms with E-state index in [1.807, 2.05) is 30.3 Å². The van der Waals surface area contributed by atoms with E-state index in [1.54, 1.807) is 0 Å². The molecule has 0 aliphatic carbocycles. The lowest BCUT2D eigenvalue weighted by molar-refractivity contribution is 0.00578. The van der Waals surface area contributed by atoms with Crippen molar-refractivity contribution < 1.29 is 13.7 Å². The molecule has 3 aromatic carbocycles. The molecule has 0 saturated carbocycles. The summed E-state index contributed by atoms with van der Waals surface area (Å²) in [6, 6.07) is 25.0. The minimum absolute atomic E-state index is 0.375. The summed E-state index contributed by atoms with van der Waals surface area (Å²) in [5.74, 6) is 0. The first kappa shape index (κ1) is 18.7. The molecule has 1 saturated heterocycles. The monoisotopic (exact) mass is 409 g/mol. The topological polar surface area (TPSA) is 36.5 Å². The average Bonchev–Trinajstić information content (AvgIpc) is 3.34. The minimum atomic E-state index is -0.400. The van der Waals surface area contributed by atoms with Gasteiger partial charge in [0.2, 0.25) is 5.71 Å². The van der Waals surface area contributed by atoms with E-state index in [9.17, 15) is 0 Å². The van der Waals surface area contributed by atoms with Crippen molar-refractivity contribution in [1.82, 2.24) is 4.57 Å². The Bertz CT molecular complexity index is 1430. The van der Waals surface area contributed by atoms with Crippen molar-refractivity contribution in [3.05, 3.63) is 72.8 Å². The highest BCUT2D eigenvalue weighted by atomic mass is 16.7. The lowest BCUT2D eigenvalue weighted by atomic mass is 9.78. The molecule has 3 heterocycles. The summed E-state index contributed by atoms with van der Waals surface area (Å²) in [5.41, 5.74) is 4.19. The molecule has 0 amide bonds. The fourth-order valence-corrected chi connectivity index (χ4v) is 4.47. The predicted molar refractivity (Wildman–Crippen MR) is 126 cm³/mol. The quantitative estimate of drug-likeness (QED) is 0.344. The highest BCUT2D eigenvalue weighted by molar-refractivity contribution is 6.62. The van der Waals surface area contributed by atoms with E-state index in [1.165, 1.54) is 0 Å². The second-order valence-corrected chi connectivity index (χ2v) is 9.31. The fourth-order valence-electron chi connectivity index (χ4n) is 4.47. The van der Waals surface area contributed by atoms with E-state index in [0.717, 1.165) is 44.1 Å². The number of para-hydroxylation sites is 2. The standard InChI is InChI=1S/C26H24BNO3/c1-25(2)26(3,4)31-27(30-25)17-14-15-21-20(16-17)23-19-12-8-9-13-22(19)29-24(23)28(21)18-10-6-5-7-11-18/h5-16H,1-4H3. The molecule has 1 aliphatic rings. The van der Waals surface area contributed by atoms with Gasteiger partial charge in [-0.2, -0.15) is 0 Å². The lowest BCUT2D eigenvalue weighted by Crippen LogP contribution is -2.41. The Kier molecular flexibility index (Phi) is 3.78. The van der Waals surface area contributed by atoms with Gasteiger partial charge in [-0.3, -0.25) is 4.57 Å². The van der Waals surface area contributed by atoms with Gasteiger partial charge in [0.1, 0.15) is 5.58 Å². The Morgan fingerprint density at radius 2 is 1.42 bits per heavy atom. The molecule has 154 valence electrons. The Hall–Kier alpha value is -3.02. The number of fused-ring (bicyclic) bond motifs is 5. The zero-order valence-corrected chi connectivity index (χ0v) is 18.2. The summed E-state index contributed by atoms with van der Waals surface area (Å²) < 4.78 is 21.2. The molecule has 4 nitrogen and oxygen atoms in total. The zero-order chi connectivity index (χ0) is 21.4. The maximum Gasteiger partial charge on any atom is 0.494 e. The SMILES string of the molecule is CC1(C)OB(c2ccc3c(c2)c2c4ccccc4oc2n3-c2ccccc2)OC1(C)C. The number of hydrogen-bond acceptors (Lipinski definition) is 3. The molecule has 1 aliphatic heterocycles. The molecule has 6 rings (SSSR count). The first-order valence-electron chi connectivity index (χ1n) is 10.7. The largest absolute Gasteiger partial charge is 0.494 e. The third-order valence-electron chi connectivity index (χ3n) is 6.85. The van der Waals surface area contributed by atoms with Crippen LogP contribution in [0.3, 0.4) is 0 Å². The van der Waals surface area contributed by atoms with Gasteiger partial charge in [0.05, 0.1) is 22.1 Å². The van der Waals surface area contributed by atoms with Gasteiger partial charge in [0.25, 0.3) is 0 Å². The summed E-state index contributed by atoms with van der Waals surface area (Å²) in [6.07, 6.45) is 0. The van der Waals surface area contributed by atoms with E-state index < -0.39 is 7.12 Å². The summed E-state index contributed by atoms with van der Waals surface area (Å²) >= 11 is 0. The van der Waals surface area contributed by atoms with E-state index in [4.69, 9.17) is 13.7 Å². The molecule has 1 fully saturated rings. The highest BCUT2D eigenvalue weighted by Crippen LogP contribution is 2.40. The van der Waals surface area contributed by atoms with Gasteiger partial charge >= 0.3 is 7.12 Å². The first-order chi connectivity index (χ1) is 14.9. The predicted octanol–water partition coefficient (Wildman–Crippen LogP) is 5.83. The first-order valence-corrected chi connectivity index (χ1v) is 10.7. The second kappa shape index (κ2) is 6.25. The number of hydrogen-bond donors (Lipinski definition) is 0. The Balaban J connectivity index is 1.64. The molecule has 5 heteroatoms. The van der Waals surface area contributed by atoms with Crippen LogP contribution in [-0.2, 0) is 9.31 Å². The van der Waals surface area contributed by atoms with Crippen LogP contribution in [0.5, 0.6) is 0 Å². The van der Waals surface area contributed by atoms with E-state index >= 15 is 0 Å².